The van der Waals surface area contributed by atoms with E-state index in [-0.39, 0.29) is 43.1 Å². The van der Waals surface area contributed by atoms with Crippen molar-refractivity contribution < 1.29 is 28.8 Å². The molecule has 0 spiro atoms. The standard InChI is InChI=1S/C33H38N6O6/c1-19-16-39(20(2)18-40)31(41)26-15-24(34-32(42)36-30-21(3)37-45-22(30)4)13-14-28(26)44-29(19)17-38(5)33(43)35-27-12-8-10-23-9-6-7-11-25(23)27/h6-15,19-20,29,40H,16-18H2,1-5H3,(H,35,43)(H2,34,36,42)/t19-,20-,29+/m1/s1. The Morgan fingerprint density at radius 2 is 1.84 bits per heavy atom. The van der Waals surface area contributed by atoms with Crippen LogP contribution in [0, 0.1) is 19.8 Å². The summed E-state index contributed by atoms with van der Waals surface area (Å²) in [6.45, 7) is 7.41. The lowest BCUT2D eigenvalue weighted by molar-refractivity contribution is 0.0371. The number of aliphatic hydroxyl groups is 1. The summed E-state index contributed by atoms with van der Waals surface area (Å²) in [7, 11) is 1.69. The SMILES string of the molecule is Cc1noc(C)c1NC(=O)Nc1ccc2c(c1)C(=O)N([C@H](C)CO)C[C@@H](C)[C@H](CN(C)C(=O)Nc1cccc3ccccc13)O2. The molecule has 1 aliphatic rings. The van der Waals surface area contributed by atoms with Gasteiger partial charge in [0.2, 0.25) is 0 Å². The molecule has 3 atom stereocenters. The Hall–Kier alpha value is -5.10. The molecule has 4 N–H and O–H groups in total. The largest absolute Gasteiger partial charge is 0.487 e. The third kappa shape index (κ3) is 6.86. The van der Waals surface area contributed by atoms with E-state index in [1.165, 1.54) is 0 Å². The van der Waals surface area contributed by atoms with Crippen molar-refractivity contribution in [3.05, 3.63) is 77.7 Å². The van der Waals surface area contributed by atoms with Crippen molar-refractivity contribution in [2.24, 2.45) is 5.92 Å². The highest BCUT2D eigenvalue weighted by Crippen LogP contribution is 2.31. The van der Waals surface area contributed by atoms with E-state index in [2.05, 4.69) is 21.1 Å². The third-order valence-electron chi connectivity index (χ3n) is 8.03. The average Bonchev–Trinajstić information content (AvgIpc) is 3.34. The van der Waals surface area contributed by atoms with Crippen LogP contribution in [0.3, 0.4) is 0 Å². The summed E-state index contributed by atoms with van der Waals surface area (Å²) in [6.07, 6.45) is -0.491. The maximum absolute atomic E-state index is 13.8. The molecule has 45 heavy (non-hydrogen) atoms. The average molecular weight is 615 g/mol. The fourth-order valence-corrected chi connectivity index (χ4v) is 5.35. The van der Waals surface area contributed by atoms with Gasteiger partial charge in [0.05, 0.1) is 30.4 Å². The predicted octanol–water partition coefficient (Wildman–Crippen LogP) is 5.47. The Balaban J connectivity index is 1.36. The number of hydrogen-bond donors (Lipinski definition) is 4. The summed E-state index contributed by atoms with van der Waals surface area (Å²) >= 11 is 0. The second-order valence-corrected chi connectivity index (χ2v) is 11.4. The molecule has 4 aromatic rings. The minimum atomic E-state index is -0.533. The number of carbonyl (C=O) groups excluding carboxylic acids is 3. The van der Waals surface area contributed by atoms with Crippen LogP contribution in [0.1, 0.15) is 35.7 Å². The monoisotopic (exact) mass is 614 g/mol. The van der Waals surface area contributed by atoms with Crippen molar-refractivity contribution in [2.45, 2.75) is 39.8 Å². The first-order valence-corrected chi connectivity index (χ1v) is 14.8. The van der Waals surface area contributed by atoms with Gasteiger partial charge >= 0.3 is 12.1 Å². The number of aryl methyl sites for hydroxylation is 2. The van der Waals surface area contributed by atoms with Gasteiger partial charge in [-0.05, 0) is 50.4 Å². The molecule has 0 radical (unpaired) electrons. The van der Waals surface area contributed by atoms with Crippen molar-refractivity contribution >= 4 is 45.8 Å². The fourth-order valence-electron chi connectivity index (χ4n) is 5.35. The zero-order valence-corrected chi connectivity index (χ0v) is 26.0. The third-order valence-corrected chi connectivity index (χ3v) is 8.03. The molecule has 3 aromatic carbocycles. The molecule has 0 bridgehead atoms. The molecule has 1 aliphatic heterocycles. The number of likely N-dealkylation sites (N-methyl/N-ethyl adjacent to an activating group) is 1. The van der Waals surface area contributed by atoms with Crippen LogP contribution in [0.5, 0.6) is 5.75 Å². The number of anilines is 3. The Morgan fingerprint density at radius 3 is 2.58 bits per heavy atom. The van der Waals surface area contributed by atoms with Crippen LogP contribution < -0.4 is 20.7 Å². The Bertz CT molecular complexity index is 1700. The first-order valence-electron chi connectivity index (χ1n) is 14.8. The second kappa shape index (κ2) is 13.3. The van der Waals surface area contributed by atoms with Gasteiger partial charge in [-0.25, -0.2) is 9.59 Å². The normalized spacial score (nSPS) is 17.0. The van der Waals surface area contributed by atoms with Crippen LogP contribution in [0.25, 0.3) is 10.8 Å². The summed E-state index contributed by atoms with van der Waals surface area (Å²) in [5.74, 6) is 0.247. The molecule has 2 heterocycles. The molecule has 5 rings (SSSR count). The molecular weight excluding hydrogens is 576 g/mol. The van der Waals surface area contributed by atoms with Crippen molar-refractivity contribution in [1.29, 1.82) is 0 Å². The smallest absolute Gasteiger partial charge is 0.323 e. The molecule has 12 heteroatoms. The van der Waals surface area contributed by atoms with Crippen LogP contribution in [-0.4, -0.2) is 76.9 Å². The Labute approximate surface area is 261 Å². The van der Waals surface area contributed by atoms with E-state index in [0.29, 0.717) is 34.3 Å². The van der Waals surface area contributed by atoms with Gasteiger partial charge in [-0.1, -0.05) is 48.5 Å². The molecule has 12 nitrogen and oxygen atoms in total. The van der Waals surface area contributed by atoms with E-state index in [9.17, 15) is 19.5 Å². The lowest BCUT2D eigenvalue weighted by Gasteiger charge is -2.38. The number of nitrogens with zero attached hydrogens (tertiary/aromatic N) is 3. The number of urea groups is 2. The first-order chi connectivity index (χ1) is 21.5. The summed E-state index contributed by atoms with van der Waals surface area (Å²) in [5, 5.41) is 24.2. The minimum Gasteiger partial charge on any atom is -0.487 e. The number of benzene rings is 3. The molecular formula is C33H38N6O6. The number of hydrogen-bond acceptors (Lipinski definition) is 7. The van der Waals surface area contributed by atoms with Crippen molar-refractivity contribution in [3.63, 3.8) is 0 Å². The zero-order valence-electron chi connectivity index (χ0n) is 26.0. The number of amides is 5. The van der Waals surface area contributed by atoms with E-state index in [1.54, 1.807) is 55.8 Å². The summed E-state index contributed by atoms with van der Waals surface area (Å²) in [4.78, 5) is 43.0. The van der Waals surface area contributed by atoms with Crippen molar-refractivity contribution in [1.82, 2.24) is 15.0 Å². The summed E-state index contributed by atoms with van der Waals surface area (Å²) in [6, 6.07) is 17.1. The number of fused-ring (bicyclic) bond motifs is 2. The molecule has 1 aromatic heterocycles. The molecule has 0 aliphatic carbocycles. The molecule has 5 amide bonds. The van der Waals surface area contributed by atoms with E-state index >= 15 is 0 Å². The lowest BCUT2D eigenvalue weighted by atomic mass is 9.99. The van der Waals surface area contributed by atoms with Gasteiger partial charge in [0.1, 0.15) is 23.2 Å². The number of aliphatic hydroxyl groups excluding tert-OH is 1. The quantitative estimate of drug-likeness (QED) is 0.216. The van der Waals surface area contributed by atoms with Gasteiger partial charge in [0.25, 0.3) is 5.91 Å². The number of nitrogens with one attached hydrogen (secondary N) is 3. The summed E-state index contributed by atoms with van der Waals surface area (Å²) < 4.78 is 11.5. The Kier molecular flexibility index (Phi) is 9.24. The van der Waals surface area contributed by atoms with Gasteiger partial charge in [-0.3, -0.25) is 4.79 Å². The van der Waals surface area contributed by atoms with Gasteiger partial charge < -0.3 is 40.1 Å². The van der Waals surface area contributed by atoms with E-state index in [1.807, 2.05) is 49.4 Å². The minimum absolute atomic E-state index is 0.192. The molecule has 0 saturated carbocycles. The molecule has 0 fully saturated rings. The fraction of sp³-hybridized carbons (Fsp3) is 0.333. The van der Waals surface area contributed by atoms with Crippen LogP contribution >= 0.6 is 0 Å². The number of aromatic nitrogens is 1. The van der Waals surface area contributed by atoms with E-state index in [0.717, 1.165) is 10.8 Å². The van der Waals surface area contributed by atoms with Crippen LogP contribution in [-0.2, 0) is 0 Å². The van der Waals surface area contributed by atoms with Gasteiger partial charge in [0, 0.05) is 30.6 Å². The first kappa shape index (κ1) is 31.3. The maximum atomic E-state index is 13.8. The number of carbonyl (C=O) groups is 3. The van der Waals surface area contributed by atoms with Crippen LogP contribution in [0.4, 0.5) is 26.7 Å². The maximum Gasteiger partial charge on any atom is 0.323 e. The highest BCUT2D eigenvalue weighted by Gasteiger charge is 2.34. The molecule has 236 valence electrons. The van der Waals surface area contributed by atoms with Crippen LogP contribution in [0.2, 0.25) is 0 Å². The molecule has 0 unspecified atom stereocenters. The number of rotatable bonds is 7. The van der Waals surface area contributed by atoms with Crippen molar-refractivity contribution in [3.8, 4) is 5.75 Å². The Morgan fingerprint density at radius 1 is 1.09 bits per heavy atom. The number of ether oxygens (including phenoxy) is 1. The van der Waals surface area contributed by atoms with E-state index < -0.39 is 18.2 Å². The topological polar surface area (TPSA) is 149 Å². The van der Waals surface area contributed by atoms with Crippen LogP contribution in [0.15, 0.2) is 65.2 Å². The highest BCUT2D eigenvalue weighted by molar-refractivity contribution is 6.03. The summed E-state index contributed by atoms with van der Waals surface area (Å²) in [5.41, 5.74) is 2.29. The second-order valence-electron chi connectivity index (χ2n) is 11.4. The zero-order chi connectivity index (χ0) is 32.2. The van der Waals surface area contributed by atoms with Crippen molar-refractivity contribution in [2.75, 3.05) is 42.7 Å². The highest BCUT2D eigenvalue weighted by atomic mass is 16.5. The van der Waals surface area contributed by atoms with Gasteiger partial charge in [-0.2, -0.15) is 0 Å². The predicted molar refractivity (Wildman–Crippen MR) is 172 cm³/mol. The molecule has 0 saturated heterocycles. The van der Waals surface area contributed by atoms with E-state index in [4.69, 9.17) is 9.26 Å². The van der Waals surface area contributed by atoms with Gasteiger partial charge in [0.15, 0.2) is 5.76 Å². The van der Waals surface area contributed by atoms with Gasteiger partial charge in [-0.15, -0.1) is 0 Å². The lowest BCUT2D eigenvalue weighted by Crippen LogP contribution is -2.50.